The van der Waals surface area contributed by atoms with Crippen molar-refractivity contribution in [2.45, 2.75) is 57.8 Å². The summed E-state index contributed by atoms with van der Waals surface area (Å²) in [5.41, 5.74) is 0. The van der Waals surface area contributed by atoms with Crippen LogP contribution in [0.5, 0.6) is 0 Å². The predicted octanol–water partition coefficient (Wildman–Crippen LogP) is 1.27. The summed E-state index contributed by atoms with van der Waals surface area (Å²) in [6.07, 6.45) is 2.98. The van der Waals surface area contributed by atoms with Gasteiger partial charge in [-0.25, -0.2) is 4.79 Å². The molecule has 4 unspecified atom stereocenters. The molecule has 0 radical (unpaired) electrons. The number of ether oxygens (including phenoxy) is 1. The molecule has 2 rings (SSSR count). The minimum Gasteiger partial charge on any atom is -0.480 e. The van der Waals surface area contributed by atoms with Crippen LogP contribution in [0.4, 0.5) is 0 Å². The third-order valence-corrected chi connectivity index (χ3v) is 3.98. The fraction of sp³-hybridized carbons (Fsp3) is 0.846. The highest BCUT2D eigenvalue weighted by Gasteiger charge is 2.41. The number of carbonyl (C=O) groups excluding carboxylic acids is 1. The second-order valence-electron chi connectivity index (χ2n) is 5.45. The van der Waals surface area contributed by atoms with Crippen molar-refractivity contribution in [2.75, 3.05) is 6.54 Å². The van der Waals surface area contributed by atoms with E-state index in [9.17, 15) is 14.7 Å². The van der Waals surface area contributed by atoms with Gasteiger partial charge in [-0.2, -0.15) is 0 Å². The van der Waals surface area contributed by atoms with E-state index >= 15 is 0 Å². The van der Waals surface area contributed by atoms with Crippen molar-refractivity contribution >= 4 is 11.9 Å². The molecule has 0 spiro atoms. The highest BCUT2D eigenvalue weighted by atomic mass is 16.5. The molecule has 0 aromatic heterocycles. The Hall–Kier alpha value is -1.10. The fourth-order valence-corrected chi connectivity index (χ4v) is 2.98. The Bertz CT molecular complexity index is 344. The zero-order valence-corrected chi connectivity index (χ0v) is 11.0. The third kappa shape index (κ3) is 2.51. The van der Waals surface area contributed by atoms with Crippen LogP contribution in [0.3, 0.4) is 0 Å². The van der Waals surface area contributed by atoms with Gasteiger partial charge in [0.1, 0.15) is 12.1 Å². The number of carboxylic acid groups (broad SMARTS) is 1. The molecule has 2 heterocycles. The van der Waals surface area contributed by atoms with E-state index in [2.05, 4.69) is 0 Å². The lowest BCUT2D eigenvalue weighted by Gasteiger charge is -2.38. The smallest absolute Gasteiger partial charge is 0.326 e. The lowest BCUT2D eigenvalue weighted by Crippen LogP contribution is -2.54. The summed E-state index contributed by atoms with van der Waals surface area (Å²) in [7, 11) is 0. The van der Waals surface area contributed by atoms with E-state index in [4.69, 9.17) is 4.74 Å². The van der Waals surface area contributed by atoms with Crippen molar-refractivity contribution < 1.29 is 19.4 Å². The van der Waals surface area contributed by atoms with Crippen LogP contribution in [0.2, 0.25) is 0 Å². The van der Waals surface area contributed by atoms with Gasteiger partial charge < -0.3 is 14.7 Å². The molecule has 0 aliphatic carbocycles. The Labute approximate surface area is 107 Å². The molecule has 18 heavy (non-hydrogen) atoms. The van der Waals surface area contributed by atoms with Crippen LogP contribution in [0.25, 0.3) is 0 Å². The van der Waals surface area contributed by atoms with Gasteiger partial charge >= 0.3 is 5.97 Å². The monoisotopic (exact) mass is 255 g/mol. The minimum atomic E-state index is -0.901. The first-order chi connectivity index (χ1) is 8.50. The highest BCUT2D eigenvalue weighted by Crippen LogP contribution is 2.27. The topological polar surface area (TPSA) is 66.8 Å². The average Bonchev–Trinajstić information content (AvgIpc) is 2.74. The van der Waals surface area contributed by atoms with Gasteiger partial charge in [0.05, 0.1) is 6.10 Å². The van der Waals surface area contributed by atoms with Gasteiger partial charge in [0.2, 0.25) is 0 Å². The van der Waals surface area contributed by atoms with Crippen LogP contribution in [0.15, 0.2) is 0 Å². The van der Waals surface area contributed by atoms with E-state index in [1.165, 1.54) is 4.90 Å². The maximum Gasteiger partial charge on any atom is 0.326 e. The maximum atomic E-state index is 12.3. The van der Waals surface area contributed by atoms with E-state index in [0.717, 1.165) is 19.3 Å². The molecule has 0 saturated carbocycles. The number of likely N-dealkylation sites (tertiary alicyclic amines) is 1. The van der Waals surface area contributed by atoms with Crippen LogP contribution in [-0.4, -0.2) is 46.7 Å². The summed E-state index contributed by atoms with van der Waals surface area (Å²) in [6.45, 7) is 4.38. The van der Waals surface area contributed by atoms with Crippen molar-refractivity contribution in [3.63, 3.8) is 0 Å². The Kier molecular flexibility index (Phi) is 3.90. The van der Waals surface area contributed by atoms with Crippen molar-refractivity contribution in [3.05, 3.63) is 0 Å². The SMILES string of the molecule is CC1CCC(C(=O)N2CCCC(C)C2C(=O)O)O1. The van der Waals surface area contributed by atoms with Crippen molar-refractivity contribution in [1.29, 1.82) is 0 Å². The zero-order valence-electron chi connectivity index (χ0n) is 11.0. The number of piperidine rings is 1. The lowest BCUT2D eigenvalue weighted by atomic mass is 9.90. The van der Waals surface area contributed by atoms with Crippen LogP contribution in [0.1, 0.15) is 39.5 Å². The molecule has 2 saturated heterocycles. The molecule has 5 heteroatoms. The normalized spacial score (nSPS) is 36.7. The standard InChI is InChI=1S/C13H21NO4/c1-8-4-3-7-14(11(8)13(16)17)12(15)10-6-5-9(2)18-10/h8-11H,3-7H2,1-2H3,(H,16,17). The number of carbonyl (C=O) groups is 2. The summed E-state index contributed by atoms with van der Waals surface area (Å²) in [5, 5.41) is 9.29. The molecule has 2 fully saturated rings. The van der Waals surface area contributed by atoms with Crippen molar-refractivity contribution in [1.82, 2.24) is 4.90 Å². The minimum absolute atomic E-state index is 0.0130. The molecule has 0 bridgehead atoms. The molecule has 0 aromatic rings. The second kappa shape index (κ2) is 5.26. The lowest BCUT2D eigenvalue weighted by molar-refractivity contribution is -0.160. The van der Waals surface area contributed by atoms with E-state index < -0.39 is 18.1 Å². The second-order valence-corrected chi connectivity index (χ2v) is 5.45. The Morgan fingerprint density at radius 2 is 1.94 bits per heavy atom. The summed E-state index contributed by atoms with van der Waals surface area (Å²) in [5.74, 6) is -1.03. The number of hydrogen-bond acceptors (Lipinski definition) is 3. The van der Waals surface area contributed by atoms with Crippen molar-refractivity contribution in [3.8, 4) is 0 Å². The molecule has 4 atom stereocenters. The predicted molar refractivity (Wildman–Crippen MR) is 65.1 cm³/mol. The van der Waals surface area contributed by atoms with Gasteiger partial charge in [-0.15, -0.1) is 0 Å². The Morgan fingerprint density at radius 3 is 2.50 bits per heavy atom. The molecule has 5 nitrogen and oxygen atoms in total. The summed E-state index contributed by atoms with van der Waals surface area (Å²) >= 11 is 0. The molecule has 0 aromatic carbocycles. The van der Waals surface area contributed by atoms with E-state index in [1.807, 2.05) is 13.8 Å². The number of nitrogens with zero attached hydrogens (tertiary/aromatic N) is 1. The number of carboxylic acids is 1. The highest BCUT2D eigenvalue weighted by molar-refractivity contribution is 5.87. The van der Waals surface area contributed by atoms with Crippen molar-refractivity contribution in [2.24, 2.45) is 5.92 Å². The Balaban J connectivity index is 2.09. The van der Waals surface area contributed by atoms with Gasteiger partial charge in [-0.1, -0.05) is 6.92 Å². The first-order valence-electron chi connectivity index (χ1n) is 6.69. The average molecular weight is 255 g/mol. The first kappa shape index (κ1) is 13.3. The van der Waals surface area contributed by atoms with Gasteiger partial charge in [0.25, 0.3) is 5.91 Å². The summed E-state index contributed by atoms with van der Waals surface area (Å²) in [6, 6.07) is -0.689. The van der Waals surface area contributed by atoms with Crippen LogP contribution in [-0.2, 0) is 14.3 Å². The quantitative estimate of drug-likeness (QED) is 0.806. The van der Waals surface area contributed by atoms with Gasteiger partial charge in [0.15, 0.2) is 0 Å². The Morgan fingerprint density at radius 1 is 1.22 bits per heavy atom. The van der Waals surface area contributed by atoms with E-state index in [-0.39, 0.29) is 17.9 Å². The molecular formula is C13H21NO4. The largest absolute Gasteiger partial charge is 0.480 e. The van der Waals surface area contributed by atoms with Crippen LogP contribution in [0, 0.1) is 5.92 Å². The molecule has 102 valence electrons. The molecule has 2 aliphatic rings. The molecule has 1 N–H and O–H groups in total. The van der Waals surface area contributed by atoms with Crippen LogP contribution >= 0.6 is 0 Å². The fourth-order valence-electron chi connectivity index (χ4n) is 2.98. The van der Waals surface area contributed by atoms with E-state index in [0.29, 0.717) is 13.0 Å². The van der Waals surface area contributed by atoms with Gasteiger partial charge in [-0.3, -0.25) is 4.79 Å². The molecule has 1 amide bonds. The third-order valence-electron chi connectivity index (χ3n) is 3.98. The maximum absolute atomic E-state index is 12.3. The van der Waals surface area contributed by atoms with Crippen LogP contribution < -0.4 is 0 Å². The number of amides is 1. The van der Waals surface area contributed by atoms with Gasteiger partial charge in [0, 0.05) is 6.54 Å². The first-order valence-corrected chi connectivity index (χ1v) is 6.69. The summed E-state index contributed by atoms with van der Waals surface area (Å²) < 4.78 is 5.56. The van der Waals surface area contributed by atoms with E-state index in [1.54, 1.807) is 0 Å². The number of hydrogen-bond donors (Lipinski definition) is 1. The van der Waals surface area contributed by atoms with Gasteiger partial charge in [-0.05, 0) is 38.5 Å². The molecule has 2 aliphatic heterocycles. The zero-order chi connectivity index (χ0) is 13.3. The number of rotatable bonds is 2. The number of aliphatic carboxylic acids is 1. The summed E-state index contributed by atoms with van der Waals surface area (Å²) in [4.78, 5) is 25.2. The molecular weight excluding hydrogens is 234 g/mol.